The Morgan fingerprint density at radius 2 is 2.05 bits per heavy atom. The lowest BCUT2D eigenvalue weighted by Crippen LogP contribution is -2.37. The molecule has 2 aromatic rings. The van der Waals surface area contributed by atoms with Crippen LogP contribution in [0.3, 0.4) is 0 Å². The largest absolute Gasteiger partial charge is 0.332 e. The third-order valence-corrected chi connectivity index (χ3v) is 4.72. The first kappa shape index (κ1) is 15.0. The van der Waals surface area contributed by atoms with Crippen LogP contribution >= 0.6 is 0 Å². The van der Waals surface area contributed by atoms with E-state index >= 15 is 0 Å². The van der Waals surface area contributed by atoms with E-state index in [1.54, 1.807) is 7.05 Å². The van der Waals surface area contributed by atoms with Crippen molar-refractivity contribution >= 4 is 11.2 Å². The van der Waals surface area contributed by atoms with Crippen LogP contribution in [-0.2, 0) is 14.1 Å². The lowest BCUT2D eigenvalue weighted by molar-refractivity contribution is 0.475. The van der Waals surface area contributed by atoms with Crippen molar-refractivity contribution in [2.45, 2.75) is 45.2 Å². The zero-order chi connectivity index (χ0) is 16.0. The van der Waals surface area contributed by atoms with Gasteiger partial charge in [0.25, 0.3) is 5.56 Å². The van der Waals surface area contributed by atoms with Gasteiger partial charge in [-0.1, -0.05) is 6.92 Å². The monoisotopic (exact) mass is 305 g/mol. The van der Waals surface area contributed by atoms with Crippen molar-refractivity contribution in [3.63, 3.8) is 0 Å². The Balaban J connectivity index is 2.41. The topological polar surface area (TPSA) is 73.8 Å². The van der Waals surface area contributed by atoms with Crippen LogP contribution in [0.1, 0.15) is 51.0 Å². The molecule has 2 unspecified atom stereocenters. The van der Waals surface area contributed by atoms with E-state index in [2.05, 4.69) is 28.7 Å². The van der Waals surface area contributed by atoms with Crippen molar-refractivity contribution in [2.75, 3.05) is 6.54 Å². The summed E-state index contributed by atoms with van der Waals surface area (Å²) < 4.78 is 4.73. The van der Waals surface area contributed by atoms with Gasteiger partial charge < -0.3 is 9.88 Å². The molecule has 3 rings (SSSR count). The summed E-state index contributed by atoms with van der Waals surface area (Å²) in [5.74, 6) is 0.875. The first-order valence-corrected chi connectivity index (χ1v) is 7.88. The molecule has 22 heavy (non-hydrogen) atoms. The average Bonchev–Trinajstić information content (AvgIpc) is 3.16. The van der Waals surface area contributed by atoms with Crippen LogP contribution in [0.15, 0.2) is 9.59 Å². The van der Waals surface area contributed by atoms with Crippen LogP contribution in [0.25, 0.3) is 11.2 Å². The van der Waals surface area contributed by atoms with Crippen LogP contribution < -0.4 is 16.6 Å². The van der Waals surface area contributed by atoms with E-state index in [1.807, 2.05) is 0 Å². The molecule has 0 spiro atoms. The number of fused-ring (bicyclic) bond motifs is 1. The van der Waals surface area contributed by atoms with Crippen molar-refractivity contribution < 1.29 is 0 Å². The highest BCUT2D eigenvalue weighted by molar-refractivity contribution is 5.71. The zero-order valence-corrected chi connectivity index (χ0v) is 13.6. The van der Waals surface area contributed by atoms with Crippen molar-refractivity contribution in [3.05, 3.63) is 26.7 Å². The van der Waals surface area contributed by atoms with Crippen LogP contribution in [-0.4, -0.2) is 25.2 Å². The van der Waals surface area contributed by atoms with Gasteiger partial charge >= 0.3 is 5.69 Å². The fourth-order valence-corrected chi connectivity index (χ4v) is 3.23. The fourth-order valence-electron chi connectivity index (χ4n) is 3.23. The normalized spacial score (nSPS) is 19.9. The van der Waals surface area contributed by atoms with Gasteiger partial charge in [-0.15, -0.1) is 0 Å². The Morgan fingerprint density at radius 1 is 1.32 bits per heavy atom. The number of aryl methyl sites for hydroxylation is 1. The highest BCUT2D eigenvalue weighted by atomic mass is 16.2. The Bertz CT molecular complexity index is 823. The van der Waals surface area contributed by atoms with Gasteiger partial charge in [0.1, 0.15) is 11.5 Å². The molecule has 0 bridgehead atoms. The number of aromatic nitrogens is 4. The molecule has 1 fully saturated rings. The van der Waals surface area contributed by atoms with Gasteiger partial charge in [-0.3, -0.25) is 13.9 Å². The first-order chi connectivity index (χ1) is 10.5. The molecule has 0 saturated carbocycles. The van der Waals surface area contributed by atoms with Crippen LogP contribution in [0.4, 0.5) is 0 Å². The van der Waals surface area contributed by atoms with Gasteiger partial charge in [-0.25, -0.2) is 9.78 Å². The van der Waals surface area contributed by atoms with Gasteiger partial charge in [0.05, 0.1) is 6.04 Å². The van der Waals surface area contributed by atoms with Crippen molar-refractivity contribution in [3.8, 4) is 0 Å². The number of hydrogen-bond donors (Lipinski definition) is 1. The van der Waals surface area contributed by atoms with Crippen molar-refractivity contribution in [1.29, 1.82) is 0 Å². The first-order valence-electron chi connectivity index (χ1n) is 7.88. The number of nitrogens with zero attached hydrogens (tertiary/aromatic N) is 4. The minimum atomic E-state index is -0.320. The molecular formula is C15H23N5O2. The molecule has 3 heterocycles. The summed E-state index contributed by atoms with van der Waals surface area (Å²) >= 11 is 0. The fraction of sp³-hybridized carbons (Fsp3) is 0.667. The third kappa shape index (κ3) is 2.03. The summed E-state index contributed by atoms with van der Waals surface area (Å²) in [5.41, 5.74) is 0.382. The maximum absolute atomic E-state index is 12.4. The van der Waals surface area contributed by atoms with Crippen LogP contribution in [0, 0.1) is 0 Å². The van der Waals surface area contributed by atoms with Gasteiger partial charge in [0.15, 0.2) is 5.52 Å². The summed E-state index contributed by atoms with van der Waals surface area (Å²) in [5, 5.41) is 3.44. The number of nitrogens with one attached hydrogen (secondary N) is 1. The quantitative estimate of drug-likeness (QED) is 0.911. The van der Waals surface area contributed by atoms with E-state index in [-0.39, 0.29) is 23.3 Å². The van der Waals surface area contributed by atoms with Crippen molar-refractivity contribution in [1.82, 2.24) is 24.0 Å². The average molecular weight is 305 g/mol. The summed E-state index contributed by atoms with van der Waals surface area (Å²) in [6.45, 7) is 5.16. The predicted octanol–water partition coefficient (Wildman–Crippen LogP) is 0.829. The molecule has 120 valence electrons. The van der Waals surface area contributed by atoms with Gasteiger partial charge in [-0.05, 0) is 32.7 Å². The minimum absolute atomic E-state index is 0.154. The maximum atomic E-state index is 12.4. The summed E-state index contributed by atoms with van der Waals surface area (Å²) in [6, 6.07) is 0.335. The molecule has 7 nitrogen and oxygen atoms in total. The van der Waals surface area contributed by atoms with E-state index in [0.29, 0.717) is 11.2 Å². The van der Waals surface area contributed by atoms with E-state index in [4.69, 9.17) is 0 Å². The van der Waals surface area contributed by atoms with E-state index in [0.717, 1.165) is 36.2 Å². The maximum Gasteiger partial charge on any atom is 0.332 e. The Labute approximate surface area is 128 Å². The second-order valence-electron chi connectivity index (χ2n) is 6.12. The predicted molar refractivity (Wildman–Crippen MR) is 85.2 cm³/mol. The number of rotatable bonds is 3. The smallest absolute Gasteiger partial charge is 0.310 e. The van der Waals surface area contributed by atoms with Gasteiger partial charge in [0, 0.05) is 20.1 Å². The summed E-state index contributed by atoms with van der Waals surface area (Å²) in [7, 11) is 3.20. The zero-order valence-electron chi connectivity index (χ0n) is 13.6. The minimum Gasteiger partial charge on any atom is -0.310 e. The number of imidazole rings is 1. The van der Waals surface area contributed by atoms with E-state index in [9.17, 15) is 9.59 Å². The molecule has 2 atom stereocenters. The van der Waals surface area contributed by atoms with Crippen LogP contribution in [0.5, 0.6) is 0 Å². The van der Waals surface area contributed by atoms with Gasteiger partial charge in [0.2, 0.25) is 0 Å². The summed E-state index contributed by atoms with van der Waals surface area (Å²) in [6.07, 6.45) is 3.02. The summed E-state index contributed by atoms with van der Waals surface area (Å²) in [4.78, 5) is 29.3. The molecule has 7 heteroatoms. The lowest BCUT2D eigenvalue weighted by Gasteiger charge is -2.20. The molecule has 1 aliphatic rings. The molecule has 0 aliphatic carbocycles. The third-order valence-electron chi connectivity index (χ3n) is 4.72. The number of hydrogen-bond acceptors (Lipinski definition) is 4. The molecule has 1 saturated heterocycles. The molecule has 0 radical (unpaired) electrons. The second-order valence-corrected chi connectivity index (χ2v) is 6.12. The Kier molecular flexibility index (Phi) is 3.68. The molecule has 2 aromatic heterocycles. The van der Waals surface area contributed by atoms with E-state index < -0.39 is 0 Å². The lowest BCUT2D eigenvalue weighted by atomic mass is 10.2. The molecular weight excluding hydrogens is 282 g/mol. The Morgan fingerprint density at radius 3 is 2.64 bits per heavy atom. The molecule has 1 N–H and O–H groups in total. The standard InChI is InChI=1S/C15H23N5O2/c1-5-9(2)20-12(10-7-6-8-16-10)17-11-13(20)18(3)15(22)19(4)14(11)21/h9-10,16H,5-8H2,1-4H3. The molecule has 0 aromatic carbocycles. The van der Waals surface area contributed by atoms with Crippen LogP contribution in [0.2, 0.25) is 0 Å². The molecule has 1 aliphatic heterocycles. The highest BCUT2D eigenvalue weighted by Gasteiger charge is 2.27. The second kappa shape index (κ2) is 5.39. The Hall–Kier alpha value is -1.89. The SMILES string of the molecule is CCC(C)n1c(C2CCCN2)nc2c(=O)n(C)c(=O)n(C)c21. The van der Waals surface area contributed by atoms with Crippen molar-refractivity contribution in [2.24, 2.45) is 14.1 Å². The van der Waals surface area contributed by atoms with E-state index in [1.165, 1.54) is 11.6 Å². The van der Waals surface area contributed by atoms with Gasteiger partial charge in [-0.2, -0.15) is 0 Å². The molecule has 0 amide bonds. The highest BCUT2D eigenvalue weighted by Crippen LogP contribution is 2.28.